The maximum atomic E-state index is 12.1. The van der Waals surface area contributed by atoms with E-state index < -0.39 is 5.56 Å². The summed E-state index contributed by atoms with van der Waals surface area (Å²) in [6, 6.07) is 7.21. The molecule has 0 saturated carbocycles. The van der Waals surface area contributed by atoms with Crippen LogP contribution in [-0.2, 0) is 0 Å². The lowest BCUT2D eigenvalue weighted by molar-refractivity contribution is 0.224. The lowest BCUT2D eigenvalue weighted by atomic mass is 10.1. The van der Waals surface area contributed by atoms with Crippen LogP contribution in [-0.4, -0.2) is 28.9 Å². The van der Waals surface area contributed by atoms with Crippen LogP contribution in [0.1, 0.15) is 26.3 Å². The summed E-state index contributed by atoms with van der Waals surface area (Å²) in [5.74, 6) is 1.17. The number of ether oxygens (including phenoxy) is 2. The fourth-order valence-electron chi connectivity index (χ4n) is 2.14. The van der Waals surface area contributed by atoms with Gasteiger partial charge in [-0.25, -0.2) is 4.98 Å². The second kappa shape index (κ2) is 7.88. The fourth-order valence-corrected chi connectivity index (χ4v) is 2.51. The Balaban J connectivity index is 2.61. The number of aromatic amines is 1. The second-order valence-corrected chi connectivity index (χ2v) is 5.97. The molecule has 1 heterocycles. The Hall–Kier alpha value is -2.46. The molecule has 2 aromatic rings. The smallest absolute Gasteiger partial charge is 0.270 e. The minimum atomic E-state index is -0.452. The van der Waals surface area contributed by atoms with Crippen molar-refractivity contribution >= 4 is 11.8 Å². The minimum Gasteiger partial charge on any atom is -0.490 e. The molecule has 2 rings (SSSR count). The lowest BCUT2D eigenvalue weighted by Gasteiger charge is -2.15. The zero-order valence-electron chi connectivity index (χ0n) is 14.0. The lowest BCUT2D eigenvalue weighted by Crippen LogP contribution is -2.14. The van der Waals surface area contributed by atoms with E-state index in [1.807, 2.05) is 26.8 Å². The largest absolute Gasteiger partial charge is 0.490 e. The van der Waals surface area contributed by atoms with E-state index in [1.165, 1.54) is 11.8 Å². The average Bonchev–Trinajstić information content (AvgIpc) is 2.55. The molecule has 0 bridgehead atoms. The first-order valence-corrected chi connectivity index (χ1v) is 8.74. The van der Waals surface area contributed by atoms with Crippen molar-refractivity contribution in [1.29, 1.82) is 5.26 Å². The van der Waals surface area contributed by atoms with Crippen LogP contribution in [0.3, 0.4) is 0 Å². The molecule has 0 aliphatic carbocycles. The number of nitrogens with one attached hydrogen (secondary N) is 1. The molecule has 0 fully saturated rings. The number of hydrogen-bond donors (Lipinski definition) is 1. The molecule has 126 valence electrons. The Morgan fingerprint density at radius 1 is 1.38 bits per heavy atom. The number of thioether (sulfide) groups is 1. The zero-order chi connectivity index (χ0) is 17.7. The monoisotopic (exact) mass is 345 g/mol. The van der Waals surface area contributed by atoms with Crippen molar-refractivity contribution in [2.75, 3.05) is 12.9 Å². The maximum absolute atomic E-state index is 12.1. The van der Waals surface area contributed by atoms with Crippen LogP contribution in [0.25, 0.3) is 11.3 Å². The van der Waals surface area contributed by atoms with Gasteiger partial charge < -0.3 is 14.5 Å². The quantitative estimate of drug-likeness (QED) is 0.639. The van der Waals surface area contributed by atoms with Crippen molar-refractivity contribution in [2.24, 2.45) is 0 Å². The van der Waals surface area contributed by atoms with Crippen LogP contribution >= 0.6 is 11.8 Å². The zero-order valence-corrected chi connectivity index (χ0v) is 14.9. The van der Waals surface area contributed by atoms with E-state index >= 15 is 0 Å². The van der Waals surface area contributed by atoms with Crippen molar-refractivity contribution in [3.05, 3.63) is 34.1 Å². The van der Waals surface area contributed by atoms with E-state index in [0.29, 0.717) is 34.5 Å². The van der Waals surface area contributed by atoms with Crippen molar-refractivity contribution < 1.29 is 9.47 Å². The van der Waals surface area contributed by atoms with Gasteiger partial charge in [-0.15, -0.1) is 0 Å². The minimum absolute atomic E-state index is 0.00511. The first kappa shape index (κ1) is 17.9. The highest BCUT2D eigenvalue weighted by Gasteiger charge is 2.16. The van der Waals surface area contributed by atoms with Gasteiger partial charge in [-0.3, -0.25) is 4.79 Å². The van der Waals surface area contributed by atoms with Gasteiger partial charge in [-0.1, -0.05) is 11.8 Å². The highest BCUT2D eigenvalue weighted by molar-refractivity contribution is 7.98. The van der Waals surface area contributed by atoms with Crippen LogP contribution in [0.5, 0.6) is 11.5 Å². The number of rotatable bonds is 6. The van der Waals surface area contributed by atoms with E-state index in [-0.39, 0.29) is 11.7 Å². The highest BCUT2D eigenvalue weighted by atomic mass is 32.2. The molecule has 0 spiro atoms. The summed E-state index contributed by atoms with van der Waals surface area (Å²) < 4.78 is 11.4. The van der Waals surface area contributed by atoms with Gasteiger partial charge in [0.2, 0.25) is 0 Å². The van der Waals surface area contributed by atoms with Gasteiger partial charge >= 0.3 is 0 Å². The summed E-state index contributed by atoms with van der Waals surface area (Å²) >= 11 is 1.30. The second-order valence-electron chi connectivity index (χ2n) is 5.17. The van der Waals surface area contributed by atoms with Gasteiger partial charge in [-0.05, 0) is 45.2 Å². The molecule has 0 aliphatic rings. The molecule has 0 unspecified atom stereocenters. The van der Waals surface area contributed by atoms with Gasteiger partial charge in [0, 0.05) is 5.56 Å². The van der Waals surface area contributed by atoms with Gasteiger partial charge in [0.25, 0.3) is 5.56 Å². The van der Waals surface area contributed by atoms with E-state index in [2.05, 4.69) is 9.97 Å². The molecular formula is C17H19N3O3S. The summed E-state index contributed by atoms with van der Waals surface area (Å²) in [7, 11) is 0. The highest BCUT2D eigenvalue weighted by Crippen LogP contribution is 2.33. The van der Waals surface area contributed by atoms with Gasteiger partial charge in [-0.2, -0.15) is 5.26 Å². The number of hydrogen-bond acceptors (Lipinski definition) is 6. The van der Waals surface area contributed by atoms with E-state index in [4.69, 9.17) is 9.47 Å². The maximum Gasteiger partial charge on any atom is 0.270 e. The Morgan fingerprint density at radius 2 is 2.12 bits per heavy atom. The van der Waals surface area contributed by atoms with Gasteiger partial charge in [0.1, 0.15) is 11.6 Å². The molecule has 0 amide bonds. The van der Waals surface area contributed by atoms with E-state index in [0.717, 1.165) is 0 Å². The number of nitrogens with zero attached hydrogens (tertiary/aromatic N) is 2. The summed E-state index contributed by atoms with van der Waals surface area (Å²) in [4.78, 5) is 19.0. The first-order chi connectivity index (χ1) is 11.5. The average molecular weight is 345 g/mol. The third kappa shape index (κ3) is 3.89. The number of H-pyrrole nitrogens is 1. The third-order valence-corrected chi connectivity index (χ3v) is 3.66. The standard InChI is InChI=1S/C17H19N3O3S/c1-5-22-14-8-11(6-7-13(14)23-10(2)3)15-12(9-18)16(21)20-17(19-15)24-4/h6-8,10H,5H2,1-4H3,(H,19,20,21). The predicted molar refractivity (Wildman–Crippen MR) is 93.7 cm³/mol. The van der Waals surface area contributed by atoms with Crippen molar-refractivity contribution in [3.8, 4) is 28.8 Å². The van der Waals surface area contributed by atoms with E-state index in [1.54, 1.807) is 24.5 Å². The van der Waals surface area contributed by atoms with Crippen LogP contribution in [0.2, 0.25) is 0 Å². The molecule has 0 aliphatic heterocycles. The van der Waals surface area contributed by atoms with Crippen LogP contribution in [0.4, 0.5) is 0 Å². The summed E-state index contributed by atoms with van der Waals surface area (Å²) in [6.45, 7) is 6.21. The Morgan fingerprint density at radius 3 is 2.71 bits per heavy atom. The molecular weight excluding hydrogens is 326 g/mol. The summed E-state index contributed by atoms with van der Waals surface area (Å²) in [5, 5.41) is 9.75. The molecule has 1 N–H and O–H groups in total. The number of benzene rings is 1. The van der Waals surface area contributed by atoms with Gasteiger partial charge in [0.15, 0.2) is 16.7 Å². The number of aromatic nitrogens is 2. The molecule has 1 aromatic carbocycles. The Bertz CT molecular complexity index is 825. The molecule has 7 heteroatoms. The normalized spacial score (nSPS) is 10.5. The van der Waals surface area contributed by atoms with Crippen molar-refractivity contribution in [1.82, 2.24) is 9.97 Å². The fraction of sp³-hybridized carbons (Fsp3) is 0.353. The van der Waals surface area contributed by atoms with Crippen LogP contribution in [0, 0.1) is 11.3 Å². The first-order valence-electron chi connectivity index (χ1n) is 7.52. The predicted octanol–water partition coefficient (Wildman–Crippen LogP) is 3.22. The molecule has 0 saturated heterocycles. The Labute approximate surface area is 144 Å². The molecule has 0 atom stereocenters. The van der Waals surface area contributed by atoms with Crippen molar-refractivity contribution in [3.63, 3.8) is 0 Å². The summed E-state index contributed by atoms with van der Waals surface area (Å²) in [5.41, 5.74) is 0.496. The van der Waals surface area contributed by atoms with Crippen LogP contribution in [0.15, 0.2) is 28.2 Å². The third-order valence-electron chi connectivity index (χ3n) is 3.08. The molecule has 6 nitrogen and oxygen atoms in total. The van der Waals surface area contributed by atoms with E-state index in [9.17, 15) is 10.1 Å². The molecule has 0 radical (unpaired) electrons. The topological polar surface area (TPSA) is 88.0 Å². The Kier molecular flexibility index (Phi) is 5.88. The summed E-state index contributed by atoms with van der Waals surface area (Å²) in [6.07, 6.45) is 1.81. The SMILES string of the molecule is CCOc1cc(-c2nc(SC)[nH]c(=O)c2C#N)ccc1OC(C)C. The van der Waals surface area contributed by atoms with Crippen LogP contribution < -0.4 is 15.0 Å². The van der Waals surface area contributed by atoms with Crippen molar-refractivity contribution in [2.45, 2.75) is 32.0 Å². The molecule has 1 aromatic heterocycles. The number of nitriles is 1. The van der Waals surface area contributed by atoms with Gasteiger partial charge in [0.05, 0.1) is 18.4 Å². The molecule has 24 heavy (non-hydrogen) atoms.